The minimum Gasteiger partial charge on any atom is -0.497 e. The van der Waals surface area contributed by atoms with Gasteiger partial charge >= 0.3 is 0 Å². The predicted molar refractivity (Wildman–Crippen MR) is 89.3 cm³/mol. The molecule has 0 aliphatic heterocycles. The molecule has 118 valence electrons. The summed E-state index contributed by atoms with van der Waals surface area (Å²) in [6.45, 7) is 4.56. The molecule has 4 heteroatoms. The highest BCUT2D eigenvalue weighted by Gasteiger charge is 2.21. The highest BCUT2D eigenvalue weighted by molar-refractivity contribution is 5.94. The summed E-state index contributed by atoms with van der Waals surface area (Å²) >= 11 is 0. The maximum Gasteiger partial charge on any atom is 0.254 e. The largest absolute Gasteiger partial charge is 0.497 e. The molecule has 1 amide bonds. The van der Waals surface area contributed by atoms with Gasteiger partial charge in [-0.05, 0) is 55.8 Å². The van der Waals surface area contributed by atoms with Crippen LogP contribution >= 0.6 is 0 Å². The van der Waals surface area contributed by atoms with Crippen LogP contribution < -0.4 is 4.74 Å². The van der Waals surface area contributed by atoms with Gasteiger partial charge in [0.25, 0.3) is 5.91 Å². The zero-order valence-electron chi connectivity index (χ0n) is 13.6. The number of rotatable bonds is 5. The third kappa shape index (κ3) is 3.70. The average Bonchev–Trinajstić information content (AvgIpc) is 2.62. The number of methoxy groups -OCH3 is 1. The number of hydrogen-bond acceptors (Lipinski definition) is 3. The summed E-state index contributed by atoms with van der Waals surface area (Å²) in [5.41, 5.74) is 2.26. The van der Waals surface area contributed by atoms with E-state index in [0.29, 0.717) is 17.7 Å². The molecule has 4 nitrogen and oxygen atoms in total. The lowest BCUT2D eigenvalue weighted by atomic mass is 10.0. The van der Waals surface area contributed by atoms with Crippen molar-refractivity contribution in [1.82, 2.24) is 4.90 Å². The van der Waals surface area contributed by atoms with Gasteiger partial charge in [0.05, 0.1) is 24.8 Å². The van der Waals surface area contributed by atoms with Gasteiger partial charge in [0.1, 0.15) is 5.75 Å². The standard InChI is InChI=1S/C19H20N2O2/c1-4-21(14(2)16-7-5-15(13-20)6-8-16)19(22)17-9-11-18(23-3)12-10-17/h5-12,14H,4H2,1-3H3. The minimum atomic E-state index is -0.0673. The zero-order chi connectivity index (χ0) is 16.8. The zero-order valence-corrected chi connectivity index (χ0v) is 13.6. The smallest absolute Gasteiger partial charge is 0.254 e. The summed E-state index contributed by atoms with van der Waals surface area (Å²) in [4.78, 5) is 14.6. The molecule has 1 atom stereocenters. The SMILES string of the molecule is CCN(C(=O)c1ccc(OC)cc1)C(C)c1ccc(C#N)cc1. The Bertz CT molecular complexity index is 700. The Kier molecular flexibility index (Phi) is 5.37. The van der Waals surface area contributed by atoms with Crippen LogP contribution in [0.4, 0.5) is 0 Å². The van der Waals surface area contributed by atoms with Crippen LogP contribution in [-0.2, 0) is 0 Å². The van der Waals surface area contributed by atoms with Crippen LogP contribution in [0.25, 0.3) is 0 Å². The van der Waals surface area contributed by atoms with Gasteiger partial charge in [-0.2, -0.15) is 5.26 Å². The van der Waals surface area contributed by atoms with Gasteiger partial charge in [0, 0.05) is 12.1 Å². The highest BCUT2D eigenvalue weighted by Crippen LogP contribution is 2.23. The van der Waals surface area contributed by atoms with E-state index < -0.39 is 0 Å². The molecule has 0 aliphatic rings. The van der Waals surface area contributed by atoms with Crippen molar-refractivity contribution in [1.29, 1.82) is 5.26 Å². The first-order valence-electron chi connectivity index (χ1n) is 7.55. The molecule has 0 aliphatic carbocycles. The van der Waals surface area contributed by atoms with E-state index in [1.54, 1.807) is 43.5 Å². The van der Waals surface area contributed by atoms with Crippen molar-refractivity contribution < 1.29 is 9.53 Å². The fraction of sp³-hybridized carbons (Fsp3) is 0.263. The van der Waals surface area contributed by atoms with Crippen LogP contribution in [0, 0.1) is 11.3 Å². The number of amides is 1. The Morgan fingerprint density at radius 3 is 2.26 bits per heavy atom. The lowest BCUT2D eigenvalue weighted by Crippen LogP contribution is -2.33. The molecule has 1 unspecified atom stereocenters. The predicted octanol–water partition coefficient (Wildman–Crippen LogP) is 3.79. The van der Waals surface area contributed by atoms with Crippen LogP contribution in [-0.4, -0.2) is 24.5 Å². The fourth-order valence-electron chi connectivity index (χ4n) is 2.51. The molecule has 2 rings (SSSR count). The van der Waals surface area contributed by atoms with Gasteiger partial charge in [-0.3, -0.25) is 4.79 Å². The van der Waals surface area contributed by atoms with Crippen molar-refractivity contribution in [2.24, 2.45) is 0 Å². The van der Waals surface area contributed by atoms with Gasteiger partial charge < -0.3 is 9.64 Å². The number of nitrogens with zero attached hydrogens (tertiary/aromatic N) is 2. The molecule has 0 saturated heterocycles. The second kappa shape index (κ2) is 7.46. The highest BCUT2D eigenvalue weighted by atomic mass is 16.5. The van der Waals surface area contributed by atoms with Crippen molar-refractivity contribution in [3.63, 3.8) is 0 Å². The molecular formula is C19H20N2O2. The van der Waals surface area contributed by atoms with Crippen LogP contribution in [0.3, 0.4) is 0 Å². The lowest BCUT2D eigenvalue weighted by molar-refractivity contribution is 0.0702. The molecule has 0 saturated carbocycles. The minimum absolute atomic E-state index is 0.0213. The fourth-order valence-corrected chi connectivity index (χ4v) is 2.51. The first-order valence-corrected chi connectivity index (χ1v) is 7.55. The first-order chi connectivity index (χ1) is 11.1. The first kappa shape index (κ1) is 16.6. The number of benzene rings is 2. The van der Waals surface area contributed by atoms with E-state index in [2.05, 4.69) is 6.07 Å². The van der Waals surface area contributed by atoms with Gasteiger partial charge in [0.2, 0.25) is 0 Å². The molecule has 0 bridgehead atoms. The number of ether oxygens (including phenoxy) is 1. The normalized spacial score (nSPS) is 11.4. The number of carbonyl (C=O) groups is 1. The topological polar surface area (TPSA) is 53.3 Å². The molecule has 0 radical (unpaired) electrons. The van der Waals surface area contributed by atoms with Crippen LogP contribution in [0.2, 0.25) is 0 Å². The van der Waals surface area contributed by atoms with Gasteiger partial charge in [0.15, 0.2) is 0 Å². The molecule has 0 spiro atoms. The number of nitriles is 1. The van der Waals surface area contributed by atoms with Gasteiger partial charge in [-0.15, -0.1) is 0 Å². The van der Waals surface area contributed by atoms with E-state index >= 15 is 0 Å². The third-order valence-corrected chi connectivity index (χ3v) is 3.93. The van der Waals surface area contributed by atoms with Gasteiger partial charge in [-0.1, -0.05) is 12.1 Å². The summed E-state index contributed by atoms with van der Waals surface area (Å²) in [6.07, 6.45) is 0. The maximum absolute atomic E-state index is 12.7. The van der Waals surface area contributed by atoms with Crippen LogP contribution in [0.1, 0.15) is 41.4 Å². The summed E-state index contributed by atoms with van der Waals surface area (Å²) < 4.78 is 5.12. The van der Waals surface area contributed by atoms with E-state index in [4.69, 9.17) is 10.00 Å². The third-order valence-electron chi connectivity index (χ3n) is 3.93. The summed E-state index contributed by atoms with van der Waals surface area (Å²) in [6, 6.07) is 16.5. The van der Waals surface area contributed by atoms with Crippen molar-refractivity contribution in [3.05, 3.63) is 65.2 Å². The quantitative estimate of drug-likeness (QED) is 0.844. The summed E-state index contributed by atoms with van der Waals surface area (Å²) in [5.74, 6) is 0.705. The number of hydrogen-bond donors (Lipinski definition) is 0. The average molecular weight is 308 g/mol. The van der Waals surface area contributed by atoms with Crippen LogP contribution in [0.5, 0.6) is 5.75 Å². The Morgan fingerprint density at radius 1 is 1.17 bits per heavy atom. The van der Waals surface area contributed by atoms with E-state index in [0.717, 1.165) is 11.3 Å². The second-order valence-corrected chi connectivity index (χ2v) is 5.23. The second-order valence-electron chi connectivity index (χ2n) is 5.23. The van der Waals surface area contributed by atoms with Crippen molar-refractivity contribution in [3.8, 4) is 11.8 Å². The number of carbonyl (C=O) groups excluding carboxylic acids is 1. The molecule has 0 aromatic heterocycles. The Morgan fingerprint density at radius 2 is 1.78 bits per heavy atom. The molecule has 23 heavy (non-hydrogen) atoms. The molecule has 0 fully saturated rings. The van der Waals surface area contributed by atoms with Crippen molar-refractivity contribution in [2.75, 3.05) is 13.7 Å². The monoisotopic (exact) mass is 308 g/mol. The molecule has 2 aromatic carbocycles. The van der Waals surface area contributed by atoms with E-state index in [1.807, 2.05) is 30.9 Å². The van der Waals surface area contributed by atoms with Gasteiger partial charge in [-0.25, -0.2) is 0 Å². The Hall–Kier alpha value is -2.80. The summed E-state index contributed by atoms with van der Waals surface area (Å²) in [5, 5.41) is 8.88. The van der Waals surface area contributed by atoms with Crippen molar-refractivity contribution >= 4 is 5.91 Å². The Balaban J connectivity index is 2.22. The van der Waals surface area contributed by atoms with E-state index in [-0.39, 0.29) is 11.9 Å². The maximum atomic E-state index is 12.7. The Labute approximate surface area is 136 Å². The molecule has 0 heterocycles. The molecular weight excluding hydrogens is 288 g/mol. The van der Waals surface area contributed by atoms with Crippen molar-refractivity contribution in [2.45, 2.75) is 19.9 Å². The van der Waals surface area contributed by atoms with E-state index in [9.17, 15) is 4.79 Å². The lowest BCUT2D eigenvalue weighted by Gasteiger charge is -2.28. The molecule has 2 aromatic rings. The molecule has 0 N–H and O–H groups in total. The summed E-state index contributed by atoms with van der Waals surface area (Å²) in [7, 11) is 1.60. The van der Waals surface area contributed by atoms with Crippen LogP contribution in [0.15, 0.2) is 48.5 Å². The van der Waals surface area contributed by atoms with E-state index in [1.165, 1.54) is 0 Å².